The van der Waals surface area contributed by atoms with Crippen LogP contribution in [0.2, 0.25) is 0 Å². The maximum Gasteiger partial charge on any atom is 0.327 e. The molecule has 0 saturated heterocycles. The van der Waals surface area contributed by atoms with Crippen LogP contribution in [0.25, 0.3) is 11.1 Å². The molecule has 1 heterocycles. The van der Waals surface area contributed by atoms with Gasteiger partial charge in [0.1, 0.15) is 6.54 Å². The van der Waals surface area contributed by atoms with Crippen LogP contribution in [-0.2, 0) is 33.8 Å². The van der Waals surface area contributed by atoms with Gasteiger partial charge in [-0.05, 0) is 60.9 Å². The molecule has 0 spiro atoms. The molecule has 0 amide bonds. The molecule has 7 nitrogen and oxygen atoms in total. The number of esters is 1. The van der Waals surface area contributed by atoms with E-state index in [1.807, 2.05) is 24.3 Å². The predicted molar refractivity (Wildman–Crippen MR) is 134 cm³/mol. The van der Waals surface area contributed by atoms with Crippen LogP contribution in [0.3, 0.4) is 0 Å². The molecule has 1 aliphatic carbocycles. The smallest absolute Gasteiger partial charge is 0.327 e. The van der Waals surface area contributed by atoms with E-state index in [1.54, 1.807) is 17.8 Å². The van der Waals surface area contributed by atoms with Crippen LogP contribution in [0.15, 0.2) is 54.7 Å². The predicted octanol–water partition coefficient (Wildman–Crippen LogP) is 5.26. The first-order valence-corrected chi connectivity index (χ1v) is 12.8. The van der Waals surface area contributed by atoms with E-state index < -0.39 is 11.3 Å². The van der Waals surface area contributed by atoms with Crippen LogP contribution in [0.5, 0.6) is 0 Å². The SMILES string of the molecule is CCOC(=O)Cn1ncc2c1CCCC2N(c1ccc(-c2cccc(C(C)C)c2)cc1)S(=O)O. The van der Waals surface area contributed by atoms with Gasteiger partial charge < -0.3 is 4.74 Å². The second-order valence-corrected chi connectivity index (χ2v) is 9.66. The van der Waals surface area contributed by atoms with Crippen molar-refractivity contribution in [2.45, 2.75) is 58.5 Å². The molecule has 180 valence electrons. The van der Waals surface area contributed by atoms with Gasteiger partial charge in [-0.25, -0.2) is 4.21 Å². The van der Waals surface area contributed by atoms with Crippen molar-refractivity contribution < 1.29 is 18.3 Å². The molecule has 2 aromatic carbocycles. The molecule has 0 radical (unpaired) electrons. The van der Waals surface area contributed by atoms with Crippen molar-refractivity contribution in [3.8, 4) is 11.1 Å². The average Bonchev–Trinajstić information content (AvgIpc) is 3.23. The fraction of sp³-hybridized carbons (Fsp3) is 0.385. The van der Waals surface area contributed by atoms with E-state index in [-0.39, 0.29) is 18.6 Å². The number of aromatic nitrogens is 2. The summed E-state index contributed by atoms with van der Waals surface area (Å²) in [7, 11) is 0. The lowest BCUT2D eigenvalue weighted by Crippen LogP contribution is -2.33. The third-order valence-electron chi connectivity index (χ3n) is 6.28. The first-order chi connectivity index (χ1) is 16.4. The summed E-state index contributed by atoms with van der Waals surface area (Å²) >= 11 is -2.22. The third-order valence-corrected chi connectivity index (χ3v) is 7.08. The van der Waals surface area contributed by atoms with E-state index in [1.165, 1.54) is 9.87 Å². The van der Waals surface area contributed by atoms with Crippen LogP contribution in [0, 0.1) is 0 Å². The van der Waals surface area contributed by atoms with E-state index in [4.69, 9.17) is 4.74 Å². The molecule has 0 aliphatic heterocycles. The fourth-order valence-electron chi connectivity index (χ4n) is 4.56. The van der Waals surface area contributed by atoms with Crippen molar-refractivity contribution >= 4 is 22.9 Å². The number of nitrogens with zero attached hydrogens (tertiary/aromatic N) is 3. The Hall–Kier alpha value is -2.97. The van der Waals surface area contributed by atoms with E-state index >= 15 is 0 Å². The number of ether oxygens (including phenoxy) is 1. The van der Waals surface area contributed by atoms with Gasteiger partial charge in [0.25, 0.3) is 11.3 Å². The number of rotatable bonds is 8. The van der Waals surface area contributed by atoms with E-state index in [2.05, 4.69) is 43.2 Å². The molecule has 8 heteroatoms. The van der Waals surface area contributed by atoms with Gasteiger partial charge >= 0.3 is 5.97 Å². The van der Waals surface area contributed by atoms with Gasteiger partial charge in [0.2, 0.25) is 0 Å². The molecule has 1 aromatic heterocycles. The molecule has 3 aromatic rings. The van der Waals surface area contributed by atoms with Gasteiger partial charge in [-0.3, -0.25) is 18.3 Å². The highest BCUT2D eigenvalue weighted by Crippen LogP contribution is 2.38. The minimum atomic E-state index is -2.22. The van der Waals surface area contributed by atoms with Crippen LogP contribution in [-0.4, -0.2) is 31.1 Å². The number of fused-ring (bicyclic) bond motifs is 1. The lowest BCUT2D eigenvalue weighted by molar-refractivity contribution is -0.144. The number of carbonyl (C=O) groups is 1. The molecule has 1 aliphatic rings. The number of hydrogen-bond acceptors (Lipinski definition) is 4. The Morgan fingerprint density at radius 2 is 2.00 bits per heavy atom. The maximum absolute atomic E-state index is 12.5. The zero-order valence-electron chi connectivity index (χ0n) is 19.8. The summed E-state index contributed by atoms with van der Waals surface area (Å²) in [4.78, 5) is 12.0. The van der Waals surface area contributed by atoms with Gasteiger partial charge in [-0.1, -0.05) is 50.2 Å². The number of carbonyl (C=O) groups excluding carboxylic acids is 1. The summed E-state index contributed by atoms with van der Waals surface area (Å²) in [5.74, 6) is 0.104. The Balaban J connectivity index is 1.62. The molecule has 2 atom stereocenters. The zero-order valence-corrected chi connectivity index (χ0v) is 20.6. The van der Waals surface area contributed by atoms with Crippen molar-refractivity contribution in [2.24, 2.45) is 0 Å². The van der Waals surface area contributed by atoms with Crippen molar-refractivity contribution in [1.29, 1.82) is 0 Å². The summed E-state index contributed by atoms with van der Waals surface area (Å²) in [6, 6.07) is 15.9. The first-order valence-electron chi connectivity index (χ1n) is 11.7. The highest BCUT2D eigenvalue weighted by Gasteiger charge is 2.32. The Morgan fingerprint density at radius 1 is 1.24 bits per heavy atom. The van der Waals surface area contributed by atoms with Gasteiger partial charge in [0, 0.05) is 11.3 Å². The number of hydrogen-bond donors (Lipinski definition) is 1. The quantitative estimate of drug-likeness (QED) is 0.351. The van der Waals surface area contributed by atoms with E-state index in [0.29, 0.717) is 18.2 Å². The van der Waals surface area contributed by atoms with Crippen molar-refractivity contribution in [1.82, 2.24) is 9.78 Å². The summed E-state index contributed by atoms with van der Waals surface area (Å²) in [6.45, 7) is 6.48. The van der Waals surface area contributed by atoms with Gasteiger partial charge in [-0.15, -0.1) is 0 Å². The second kappa shape index (κ2) is 10.5. The monoisotopic (exact) mass is 481 g/mol. The molecule has 4 rings (SSSR count). The molecule has 0 bridgehead atoms. The Morgan fingerprint density at radius 3 is 2.68 bits per heavy atom. The lowest BCUT2D eigenvalue weighted by Gasteiger charge is -2.33. The van der Waals surface area contributed by atoms with Crippen molar-refractivity contribution in [3.63, 3.8) is 0 Å². The Bertz CT molecular complexity index is 1170. The summed E-state index contributed by atoms with van der Waals surface area (Å²) in [5.41, 5.74) is 5.92. The maximum atomic E-state index is 12.5. The van der Waals surface area contributed by atoms with Crippen LogP contribution < -0.4 is 4.31 Å². The molecule has 0 fully saturated rings. The Kier molecular flexibility index (Phi) is 7.48. The lowest BCUT2D eigenvalue weighted by atomic mass is 9.92. The van der Waals surface area contributed by atoms with E-state index in [9.17, 15) is 13.6 Å². The molecule has 1 N–H and O–H groups in total. The van der Waals surface area contributed by atoms with Crippen LogP contribution in [0.1, 0.15) is 62.4 Å². The first kappa shape index (κ1) is 24.2. The average molecular weight is 482 g/mol. The summed E-state index contributed by atoms with van der Waals surface area (Å²) in [5, 5.41) is 4.39. The molecule has 34 heavy (non-hydrogen) atoms. The van der Waals surface area contributed by atoms with Gasteiger partial charge in [-0.2, -0.15) is 5.10 Å². The topological polar surface area (TPSA) is 84.7 Å². The highest BCUT2D eigenvalue weighted by atomic mass is 32.2. The molecular formula is C26H31N3O4S. The Labute approximate surface area is 203 Å². The molecule has 0 saturated carbocycles. The number of anilines is 1. The van der Waals surface area contributed by atoms with Crippen LogP contribution in [0.4, 0.5) is 5.69 Å². The largest absolute Gasteiger partial charge is 0.465 e. The number of benzene rings is 2. The van der Waals surface area contributed by atoms with E-state index in [0.717, 1.165) is 41.6 Å². The normalized spacial score (nSPS) is 16.2. The standard InChI is InChI=1S/C26H31N3O4S/c1-4-33-26(30)17-28-24-9-6-10-25(23(24)16-27-28)29(34(31)32)22-13-11-19(12-14-22)21-8-5-7-20(15-21)18(2)3/h5,7-8,11-16,18,25H,4,6,9-10,17H2,1-3H3,(H,31,32). The minimum Gasteiger partial charge on any atom is -0.465 e. The highest BCUT2D eigenvalue weighted by molar-refractivity contribution is 7.80. The minimum absolute atomic E-state index is 0.0439. The van der Waals surface area contributed by atoms with Crippen LogP contribution >= 0.6 is 0 Å². The van der Waals surface area contributed by atoms with Gasteiger partial charge in [0.15, 0.2) is 0 Å². The van der Waals surface area contributed by atoms with Gasteiger partial charge in [0.05, 0.1) is 24.5 Å². The fourth-order valence-corrected chi connectivity index (χ4v) is 5.30. The third kappa shape index (κ3) is 5.08. The second-order valence-electron chi connectivity index (χ2n) is 8.80. The molecular weight excluding hydrogens is 450 g/mol. The van der Waals surface area contributed by atoms with Crippen molar-refractivity contribution in [2.75, 3.05) is 10.9 Å². The summed E-state index contributed by atoms with van der Waals surface area (Å²) in [6.07, 6.45) is 4.04. The molecule has 2 unspecified atom stereocenters. The summed E-state index contributed by atoms with van der Waals surface area (Å²) < 4.78 is 31.0. The van der Waals surface area contributed by atoms with Crippen molar-refractivity contribution in [3.05, 3.63) is 71.5 Å². The zero-order chi connectivity index (χ0) is 24.2.